The topological polar surface area (TPSA) is 46.2 Å². The van der Waals surface area contributed by atoms with Gasteiger partial charge in [0.25, 0.3) is 0 Å². The lowest BCUT2D eigenvalue weighted by molar-refractivity contribution is -0.361. The van der Waals surface area contributed by atoms with Gasteiger partial charge in [0.1, 0.15) is 0 Å². The second kappa shape index (κ2) is 5.93. The third kappa shape index (κ3) is 2.69. The summed E-state index contributed by atoms with van der Waals surface area (Å²) in [6.07, 6.45) is 4.67. The fourth-order valence-electron chi connectivity index (χ4n) is 2.03. The first-order valence-corrected chi connectivity index (χ1v) is 5.68. The molecule has 0 aromatic rings. The molecule has 0 aromatic heterocycles. The molecule has 100 valence electrons. The van der Waals surface area contributed by atoms with E-state index in [9.17, 15) is 0 Å². The standard InChI is InChI=1S/C12H22O5/c1-6-7-11(15-4)8-9-12(16-5,17-11)10(13-2)14-3/h8-10H,6-7H2,1-5H3. The van der Waals surface area contributed by atoms with E-state index in [1.807, 2.05) is 6.08 Å². The molecule has 0 amide bonds. The maximum atomic E-state index is 5.91. The number of ether oxygens (including phenoxy) is 5. The fourth-order valence-corrected chi connectivity index (χ4v) is 2.03. The van der Waals surface area contributed by atoms with E-state index in [1.165, 1.54) is 0 Å². The van der Waals surface area contributed by atoms with Crippen LogP contribution in [0.2, 0.25) is 0 Å². The minimum atomic E-state index is -1.06. The fraction of sp³-hybridized carbons (Fsp3) is 0.833. The van der Waals surface area contributed by atoms with E-state index in [1.54, 1.807) is 34.5 Å². The van der Waals surface area contributed by atoms with Crippen LogP contribution in [-0.4, -0.2) is 46.3 Å². The second-order valence-corrected chi connectivity index (χ2v) is 3.93. The van der Waals surface area contributed by atoms with Crippen LogP contribution in [0.3, 0.4) is 0 Å². The average molecular weight is 246 g/mol. The van der Waals surface area contributed by atoms with Crippen LogP contribution in [0.4, 0.5) is 0 Å². The van der Waals surface area contributed by atoms with Crippen molar-refractivity contribution in [3.05, 3.63) is 12.2 Å². The van der Waals surface area contributed by atoms with Gasteiger partial charge in [0.05, 0.1) is 0 Å². The molecule has 5 nitrogen and oxygen atoms in total. The highest BCUT2D eigenvalue weighted by molar-refractivity contribution is 5.13. The van der Waals surface area contributed by atoms with Gasteiger partial charge in [0.2, 0.25) is 12.1 Å². The van der Waals surface area contributed by atoms with E-state index in [0.717, 1.165) is 12.8 Å². The molecule has 1 rings (SSSR count). The maximum absolute atomic E-state index is 5.91. The quantitative estimate of drug-likeness (QED) is 0.505. The summed E-state index contributed by atoms with van der Waals surface area (Å²) < 4.78 is 27.2. The lowest BCUT2D eigenvalue weighted by atomic mass is 10.1. The molecule has 0 fully saturated rings. The lowest BCUT2D eigenvalue weighted by Gasteiger charge is -2.36. The van der Waals surface area contributed by atoms with Crippen molar-refractivity contribution in [2.24, 2.45) is 0 Å². The molecule has 0 radical (unpaired) electrons. The molecule has 0 bridgehead atoms. The Balaban J connectivity index is 2.90. The van der Waals surface area contributed by atoms with Gasteiger partial charge in [0, 0.05) is 34.9 Å². The molecule has 5 heteroatoms. The van der Waals surface area contributed by atoms with Crippen LogP contribution in [0.25, 0.3) is 0 Å². The summed E-state index contributed by atoms with van der Waals surface area (Å²) in [4.78, 5) is 0. The van der Waals surface area contributed by atoms with Crippen LogP contribution in [0.5, 0.6) is 0 Å². The van der Waals surface area contributed by atoms with E-state index in [2.05, 4.69) is 6.92 Å². The number of hydrogen-bond acceptors (Lipinski definition) is 5. The van der Waals surface area contributed by atoms with Crippen LogP contribution >= 0.6 is 0 Å². The highest BCUT2D eigenvalue weighted by atomic mass is 16.8. The molecule has 1 aliphatic rings. The minimum absolute atomic E-state index is 0.641. The van der Waals surface area contributed by atoms with Crippen molar-refractivity contribution in [2.45, 2.75) is 37.6 Å². The van der Waals surface area contributed by atoms with E-state index < -0.39 is 17.9 Å². The van der Waals surface area contributed by atoms with E-state index >= 15 is 0 Å². The molecule has 0 aromatic carbocycles. The molecule has 0 aliphatic carbocycles. The van der Waals surface area contributed by atoms with Gasteiger partial charge in [-0.2, -0.15) is 0 Å². The van der Waals surface area contributed by atoms with Gasteiger partial charge in [-0.15, -0.1) is 0 Å². The molecule has 0 N–H and O–H groups in total. The Morgan fingerprint density at radius 2 is 1.71 bits per heavy atom. The zero-order chi connectivity index (χ0) is 12.9. The van der Waals surface area contributed by atoms with Crippen molar-refractivity contribution < 1.29 is 23.7 Å². The first-order chi connectivity index (χ1) is 8.12. The van der Waals surface area contributed by atoms with E-state index in [4.69, 9.17) is 23.7 Å². The predicted molar refractivity (Wildman–Crippen MR) is 62.4 cm³/mol. The highest BCUT2D eigenvalue weighted by Crippen LogP contribution is 2.38. The molecule has 0 saturated heterocycles. The third-order valence-corrected chi connectivity index (χ3v) is 2.92. The van der Waals surface area contributed by atoms with Crippen LogP contribution in [0.1, 0.15) is 19.8 Å². The van der Waals surface area contributed by atoms with Gasteiger partial charge in [-0.25, -0.2) is 0 Å². The largest absolute Gasteiger partial charge is 0.351 e. The van der Waals surface area contributed by atoms with Gasteiger partial charge in [-0.05, 0) is 12.2 Å². The van der Waals surface area contributed by atoms with Crippen LogP contribution in [0, 0.1) is 0 Å². The Hall–Kier alpha value is -0.460. The average Bonchev–Trinajstić information content (AvgIpc) is 2.73. The molecule has 2 atom stereocenters. The Bertz CT molecular complexity index is 264. The number of methoxy groups -OCH3 is 4. The molecule has 0 spiro atoms. The molecule has 1 heterocycles. The number of rotatable bonds is 7. The Labute approximate surface area is 103 Å². The number of hydrogen-bond donors (Lipinski definition) is 0. The zero-order valence-electron chi connectivity index (χ0n) is 11.2. The second-order valence-electron chi connectivity index (χ2n) is 3.93. The predicted octanol–water partition coefficient (Wildman–Crippen LogP) is 1.68. The SMILES string of the molecule is CCCC1(OC)C=CC(OC)(C(OC)OC)O1. The van der Waals surface area contributed by atoms with E-state index in [-0.39, 0.29) is 0 Å². The van der Waals surface area contributed by atoms with Crippen molar-refractivity contribution >= 4 is 0 Å². The normalized spacial score (nSPS) is 32.6. The summed E-state index contributed by atoms with van der Waals surface area (Å²) in [6.45, 7) is 2.06. The van der Waals surface area contributed by atoms with Crippen LogP contribution in [0.15, 0.2) is 12.2 Å². The maximum Gasteiger partial charge on any atom is 0.243 e. The van der Waals surface area contributed by atoms with Crippen molar-refractivity contribution in [3.8, 4) is 0 Å². The van der Waals surface area contributed by atoms with Gasteiger partial charge in [-0.1, -0.05) is 13.3 Å². The zero-order valence-corrected chi connectivity index (χ0v) is 11.2. The highest BCUT2D eigenvalue weighted by Gasteiger charge is 2.51. The van der Waals surface area contributed by atoms with Gasteiger partial charge in [0.15, 0.2) is 5.79 Å². The lowest BCUT2D eigenvalue weighted by Crippen LogP contribution is -2.49. The molecule has 1 aliphatic heterocycles. The summed E-state index contributed by atoms with van der Waals surface area (Å²) in [5.74, 6) is -1.82. The Morgan fingerprint density at radius 1 is 1.06 bits per heavy atom. The molecular weight excluding hydrogens is 224 g/mol. The molecule has 2 unspecified atom stereocenters. The Kier molecular flexibility index (Phi) is 5.09. The van der Waals surface area contributed by atoms with E-state index in [0.29, 0.717) is 0 Å². The molecule has 0 saturated carbocycles. The minimum Gasteiger partial charge on any atom is -0.351 e. The Morgan fingerprint density at radius 3 is 2.12 bits per heavy atom. The van der Waals surface area contributed by atoms with Gasteiger partial charge < -0.3 is 23.7 Å². The molecule has 17 heavy (non-hydrogen) atoms. The van der Waals surface area contributed by atoms with Crippen LogP contribution in [-0.2, 0) is 23.7 Å². The first kappa shape index (κ1) is 14.6. The monoisotopic (exact) mass is 246 g/mol. The van der Waals surface area contributed by atoms with Crippen LogP contribution < -0.4 is 0 Å². The van der Waals surface area contributed by atoms with Crippen molar-refractivity contribution in [1.29, 1.82) is 0 Å². The smallest absolute Gasteiger partial charge is 0.243 e. The summed E-state index contributed by atoms with van der Waals surface area (Å²) >= 11 is 0. The van der Waals surface area contributed by atoms with Gasteiger partial charge >= 0.3 is 0 Å². The van der Waals surface area contributed by atoms with Crippen molar-refractivity contribution in [1.82, 2.24) is 0 Å². The summed E-state index contributed by atoms with van der Waals surface area (Å²) in [6, 6.07) is 0. The van der Waals surface area contributed by atoms with Crippen molar-refractivity contribution in [2.75, 3.05) is 28.4 Å². The summed E-state index contributed by atoms with van der Waals surface area (Å²) in [5.41, 5.74) is 0. The first-order valence-electron chi connectivity index (χ1n) is 5.68. The van der Waals surface area contributed by atoms with Crippen molar-refractivity contribution in [3.63, 3.8) is 0 Å². The molecular formula is C12H22O5. The third-order valence-electron chi connectivity index (χ3n) is 2.92. The summed E-state index contributed by atoms with van der Waals surface area (Å²) in [7, 11) is 6.24. The van der Waals surface area contributed by atoms with Gasteiger partial charge in [-0.3, -0.25) is 0 Å². The summed E-state index contributed by atoms with van der Waals surface area (Å²) in [5, 5.41) is 0.